The van der Waals surface area contributed by atoms with Crippen LogP contribution >= 0.6 is 0 Å². The molecule has 2 saturated heterocycles. The lowest BCUT2D eigenvalue weighted by Gasteiger charge is -2.44. The molecule has 1 aromatic heterocycles. The SMILES string of the molecule is Cc1onc(-c2ccccc2)c1NC(=O)N1CCC2(OCCN2S(=O)(=O)c2ccccc2)C(F)C1. The molecule has 3 aromatic rings. The minimum atomic E-state index is -3.97. The van der Waals surface area contributed by atoms with Gasteiger partial charge in [0.1, 0.15) is 11.4 Å². The van der Waals surface area contributed by atoms with Gasteiger partial charge in [-0.15, -0.1) is 0 Å². The molecular formula is C24H25FN4O5S. The number of ether oxygens (including phenoxy) is 1. The maximum Gasteiger partial charge on any atom is 0.322 e. The van der Waals surface area contributed by atoms with Crippen LogP contribution in [0.4, 0.5) is 14.9 Å². The highest BCUT2D eigenvalue weighted by Gasteiger charge is 2.57. The van der Waals surface area contributed by atoms with Gasteiger partial charge in [0.15, 0.2) is 17.7 Å². The molecule has 5 rings (SSSR count). The number of carbonyl (C=O) groups is 1. The van der Waals surface area contributed by atoms with Crippen LogP contribution in [-0.4, -0.2) is 66.9 Å². The molecule has 1 N–H and O–H groups in total. The predicted molar refractivity (Wildman–Crippen MR) is 126 cm³/mol. The third-order valence-electron chi connectivity index (χ3n) is 6.44. The standard InChI is InChI=1S/C24H25FN4O5S/c1-17-21(22(27-34-17)18-8-4-2-5-9-18)26-23(30)28-13-12-24(20(25)16-28)29(14-15-33-24)35(31,32)19-10-6-3-7-11-19/h2-11,20H,12-16H2,1H3,(H,26,30). The van der Waals surface area contributed by atoms with Crippen LogP contribution in [-0.2, 0) is 14.8 Å². The van der Waals surface area contributed by atoms with Crippen molar-refractivity contribution in [3.63, 3.8) is 0 Å². The summed E-state index contributed by atoms with van der Waals surface area (Å²) in [5.41, 5.74) is -0.00155. The van der Waals surface area contributed by atoms with Gasteiger partial charge in [0.2, 0.25) is 10.0 Å². The molecule has 35 heavy (non-hydrogen) atoms. The summed E-state index contributed by atoms with van der Waals surface area (Å²) >= 11 is 0. The number of halogens is 1. The van der Waals surface area contributed by atoms with Gasteiger partial charge in [-0.05, 0) is 19.1 Å². The molecule has 2 amide bonds. The van der Waals surface area contributed by atoms with Gasteiger partial charge < -0.3 is 19.5 Å². The van der Waals surface area contributed by atoms with E-state index in [1.165, 1.54) is 17.0 Å². The van der Waals surface area contributed by atoms with Crippen molar-refractivity contribution >= 4 is 21.7 Å². The fraction of sp³-hybridized carbons (Fsp3) is 0.333. The Morgan fingerprint density at radius 1 is 1.11 bits per heavy atom. The van der Waals surface area contributed by atoms with E-state index in [-0.39, 0.29) is 37.6 Å². The lowest BCUT2D eigenvalue weighted by atomic mass is 9.99. The van der Waals surface area contributed by atoms with Gasteiger partial charge in [0.05, 0.1) is 18.0 Å². The second-order valence-electron chi connectivity index (χ2n) is 8.51. The minimum Gasteiger partial charge on any atom is -0.359 e. The zero-order chi connectivity index (χ0) is 24.6. The topological polar surface area (TPSA) is 105 Å². The second kappa shape index (κ2) is 9.06. The first-order valence-corrected chi connectivity index (χ1v) is 12.7. The molecule has 2 aliphatic heterocycles. The van der Waals surface area contributed by atoms with Crippen LogP contribution in [0.15, 0.2) is 70.1 Å². The van der Waals surface area contributed by atoms with Gasteiger partial charge in [-0.1, -0.05) is 53.7 Å². The van der Waals surface area contributed by atoms with Gasteiger partial charge in [-0.2, -0.15) is 4.31 Å². The summed E-state index contributed by atoms with van der Waals surface area (Å²) in [6.07, 6.45) is -1.73. The molecular weight excluding hydrogens is 475 g/mol. The van der Waals surface area contributed by atoms with Crippen molar-refractivity contribution in [3.05, 3.63) is 66.4 Å². The fourth-order valence-electron chi connectivity index (χ4n) is 4.62. The molecule has 9 nitrogen and oxygen atoms in total. The number of nitrogens with one attached hydrogen (secondary N) is 1. The molecule has 2 aromatic carbocycles. The Morgan fingerprint density at radius 3 is 2.49 bits per heavy atom. The van der Waals surface area contributed by atoms with E-state index < -0.39 is 28.0 Å². The van der Waals surface area contributed by atoms with Crippen LogP contribution in [0.5, 0.6) is 0 Å². The Kier molecular flexibility index (Phi) is 6.07. The third kappa shape index (κ3) is 4.09. The lowest BCUT2D eigenvalue weighted by Crippen LogP contribution is -2.63. The predicted octanol–water partition coefficient (Wildman–Crippen LogP) is 3.64. The van der Waals surface area contributed by atoms with E-state index in [2.05, 4.69) is 10.5 Å². The van der Waals surface area contributed by atoms with Gasteiger partial charge in [0, 0.05) is 25.1 Å². The van der Waals surface area contributed by atoms with Crippen LogP contribution in [0, 0.1) is 6.92 Å². The van der Waals surface area contributed by atoms with Gasteiger partial charge in [-0.25, -0.2) is 17.6 Å². The molecule has 0 saturated carbocycles. The van der Waals surface area contributed by atoms with Gasteiger partial charge in [-0.3, -0.25) is 0 Å². The number of aromatic nitrogens is 1. The number of benzene rings is 2. The van der Waals surface area contributed by atoms with Crippen LogP contribution in [0.3, 0.4) is 0 Å². The highest BCUT2D eigenvalue weighted by Crippen LogP contribution is 2.40. The number of nitrogens with zero attached hydrogens (tertiary/aromatic N) is 3. The Bertz CT molecular complexity index is 1320. The number of amides is 2. The molecule has 0 bridgehead atoms. The Morgan fingerprint density at radius 2 is 1.80 bits per heavy atom. The van der Waals surface area contributed by atoms with E-state index in [9.17, 15) is 13.2 Å². The highest BCUT2D eigenvalue weighted by atomic mass is 32.2. The molecule has 2 atom stereocenters. The number of aryl methyl sites for hydroxylation is 1. The number of hydrogen-bond acceptors (Lipinski definition) is 6. The first kappa shape index (κ1) is 23.5. The number of urea groups is 1. The monoisotopic (exact) mass is 500 g/mol. The number of carbonyl (C=O) groups excluding carboxylic acids is 1. The molecule has 0 aliphatic carbocycles. The van der Waals surface area contributed by atoms with Crippen molar-refractivity contribution in [2.75, 3.05) is 31.6 Å². The zero-order valence-corrected chi connectivity index (χ0v) is 19.9. The summed E-state index contributed by atoms with van der Waals surface area (Å²) in [6, 6.07) is 16.6. The van der Waals surface area contributed by atoms with Crippen LogP contribution in [0.1, 0.15) is 12.2 Å². The molecule has 2 unspecified atom stereocenters. The molecule has 2 aliphatic rings. The van der Waals surface area contributed by atoms with Crippen LogP contribution < -0.4 is 5.32 Å². The number of rotatable bonds is 4. The van der Waals surface area contributed by atoms with E-state index in [1.54, 1.807) is 25.1 Å². The van der Waals surface area contributed by atoms with Crippen molar-refractivity contribution < 1.29 is 26.9 Å². The quantitative estimate of drug-likeness (QED) is 0.587. The van der Waals surface area contributed by atoms with Crippen molar-refractivity contribution in [3.8, 4) is 11.3 Å². The highest BCUT2D eigenvalue weighted by molar-refractivity contribution is 7.89. The molecule has 2 fully saturated rings. The summed E-state index contributed by atoms with van der Waals surface area (Å²) < 4.78 is 54.3. The maximum absolute atomic E-state index is 15.7. The number of anilines is 1. The molecule has 11 heteroatoms. The molecule has 1 spiro atoms. The summed E-state index contributed by atoms with van der Waals surface area (Å²) in [4.78, 5) is 14.4. The number of likely N-dealkylation sites (tertiary alicyclic amines) is 1. The number of piperidine rings is 1. The third-order valence-corrected chi connectivity index (χ3v) is 8.38. The van der Waals surface area contributed by atoms with E-state index in [0.29, 0.717) is 17.1 Å². The molecule has 3 heterocycles. The second-order valence-corrected chi connectivity index (χ2v) is 10.4. The van der Waals surface area contributed by atoms with Gasteiger partial charge in [0.25, 0.3) is 0 Å². The summed E-state index contributed by atoms with van der Waals surface area (Å²) in [7, 11) is -3.97. The van der Waals surface area contributed by atoms with E-state index in [0.717, 1.165) is 9.87 Å². The number of sulfonamides is 1. The van der Waals surface area contributed by atoms with Crippen LogP contribution in [0.25, 0.3) is 11.3 Å². The van der Waals surface area contributed by atoms with E-state index in [4.69, 9.17) is 9.26 Å². The lowest BCUT2D eigenvalue weighted by molar-refractivity contribution is -0.134. The first-order valence-electron chi connectivity index (χ1n) is 11.3. The molecule has 184 valence electrons. The van der Waals surface area contributed by atoms with E-state index in [1.807, 2.05) is 30.3 Å². The van der Waals surface area contributed by atoms with Crippen LogP contribution in [0.2, 0.25) is 0 Å². The number of alkyl halides is 1. The van der Waals surface area contributed by atoms with Crippen molar-refractivity contribution in [2.24, 2.45) is 0 Å². The average Bonchev–Trinajstić information content (AvgIpc) is 3.47. The Balaban J connectivity index is 1.34. The smallest absolute Gasteiger partial charge is 0.322 e. The number of hydrogen-bond donors (Lipinski definition) is 1. The van der Waals surface area contributed by atoms with E-state index >= 15 is 4.39 Å². The summed E-state index contributed by atoms with van der Waals surface area (Å²) in [5, 5.41) is 6.83. The maximum atomic E-state index is 15.7. The van der Waals surface area contributed by atoms with Crippen molar-refractivity contribution in [2.45, 2.75) is 30.1 Å². The molecule has 0 radical (unpaired) electrons. The van der Waals surface area contributed by atoms with Crippen molar-refractivity contribution in [1.29, 1.82) is 0 Å². The summed E-state index contributed by atoms with van der Waals surface area (Å²) in [5.74, 6) is 0.418. The minimum absolute atomic E-state index is 0.00180. The largest absolute Gasteiger partial charge is 0.359 e. The van der Waals surface area contributed by atoms with Crippen molar-refractivity contribution in [1.82, 2.24) is 14.4 Å². The Hall–Kier alpha value is -3.28. The normalized spacial score (nSPS) is 23.0. The van der Waals surface area contributed by atoms with Gasteiger partial charge >= 0.3 is 6.03 Å². The average molecular weight is 501 g/mol. The zero-order valence-electron chi connectivity index (χ0n) is 19.1. The summed E-state index contributed by atoms with van der Waals surface area (Å²) in [6.45, 7) is 1.59. The fourth-order valence-corrected chi connectivity index (χ4v) is 6.35. The Labute approximate surface area is 202 Å². The first-order chi connectivity index (χ1) is 16.8.